The molecule has 3 heteroatoms. The van der Waals surface area contributed by atoms with Gasteiger partial charge in [0.05, 0.1) is 7.11 Å². The van der Waals surface area contributed by atoms with E-state index in [1.807, 2.05) is 6.07 Å². The van der Waals surface area contributed by atoms with Crippen molar-refractivity contribution in [3.8, 4) is 5.75 Å². The predicted octanol–water partition coefficient (Wildman–Crippen LogP) is 3.08. The Morgan fingerprint density at radius 1 is 1.40 bits per heavy atom. The van der Waals surface area contributed by atoms with E-state index in [-0.39, 0.29) is 0 Å². The number of likely N-dealkylation sites (N-methyl/N-ethyl adjacent to an activating group) is 1. The minimum absolute atomic E-state index is 0.379. The Bertz CT molecular complexity index is 431. The molecule has 1 atom stereocenters. The first-order valence-electron chi connectivity index (χ1n) is 7.64. The largest absolute Gasteiger partial charge is 0.497 e. The molecule has 1 aromatic carbocycles. The number of hydrogen-bond acceptors (Lipinski definition) is 3. The molecule has 0 spiro atoms. The molecule has 112 valence electrons. The molecule has 0 bridgehead atoms. The van der Waals surface area contributed by atoms with Crippen LogP contribution < -0.4 is 10.1 Å². The van der Waals surface area contributed by atoms with Crippen molar-refractivity contribution in [3.63, 3.8) is 0 Å². The van der Waals surface area contributed by atoms with Crippen molar-refractivity contribution in [2.45, 2.75) is 33.2 Å². The molecule has 0 amide bonds. The SMILES string of the molecule is CCNC(CN1CCC(C)(C)C1)c1cccc(OC)c1. The minimum Gasteiger partial charge on any atom is -0.497 e. The molecule has 1 N–H and O–H groups in total. The monoisotopic (exact) mass is 276 g/mol. The Morgan fingerprint density at radius 3 is 2.80 bits per heavy atom. The zero-order valence-corrected chi connectivity index (χ0v) is 13.3. The Balaban J connectivity index is 2.06. The highest BCUT2D eigenvalue weighted by molar-refractivity contribution is 5.30. The summed E-state index contributed by atoms with van der Waals surface area (Å²) >= 11 is 0. The van der Waals surface area contributed by atoms with Crippen LogP contribution in [0.4, 0.5) is 0 Å². The first kappa shape index (κ1) is 15.3. The number of nitrogens with one attached hydrogen (secondary N) is 1. The van der Waals surface area contributed by atoms with Gasteiger partial charge in [0, 0.05) is 19.1 Å². The molecule has 1 saturated heterocycles. The average molecular weight is 276 g/mol. The van der Waals surface area contributed by atoms with E-state index in [4.69, 9.17) is 4.74 Å². The van der Waals surface area contributed by atoms with Crippen LogP contribution in [-0.2, 0) is 0 Å². The summed E-state index contributed by atoms with van der Waals surface area (Å²) in [6.07, 6.45) is 1.30. The predicted molar refractivity (Wildman–Crippen MR) is 84.2 cm³/mol. The second kappa shape index (κ2) is 6.59. The van der Waals surface area contributed by atoms with Crippen LogP contribution in [0.15, 0.2) is 24.3 Å². The summed E-state index contributed by atoms with van der Waals surface area (Å²) in [5, 5.41) is 3.61. The van der Waals surface area contributed by atoms with Crippen molar-refractivity contribution in [3.05, 3.63) is 29.8 Å². The fourth-order valence-electron chi connectivity index (χ4n) is 3.03. The van der Waals surface area contributed by atoms with Crippen molar-refractivity contribution in [1.82, 2.24) is 10.2 Å². The van der Waals surface area contributed by atoms with Crippen molar-refractivity contribution in [2.75, 3.05) is 33.3 Å². The van der Waals surface area contributed by atoms with Gasteiger partial charge in [0.15, 0.2) is 0 Å². The zero-order chi connectivity index (χ0) is 14.6. The number of rotatable bonds is 6. The maximum Gasteiger partial charge on any atom is 0.119 e. The third-order valence-corrected chi connectivity index (χ3v) is 4.14. The van der Waals surface area contributed by atoms with Crippen LogP contribution in [0.1, 0.15) is 38.8 Å². The number of ether oxygens (including phenoxy) is 1. The Morgan fingerprint density at radius 2 is 2.20 bits per heavy atom. The molecule has 20 heavy (non-hydrogen) atoms. The molecule has 1 aliphatic heterocycles. The summed E-state index contributed by atoms with van der Waals surface area (Å²) in [6, 6.07) is 8.80. The second-order valence-electron chi connectivity index (χ2n) is 6.54. The van der Waals surface area contributed by atoms with Crippen molar-refractivity contribution in [1.29, 1.82) is 0 Å². The Kier molecular flexibility index (Phi) is 5.06. The van der Waals surface area contributed by atoms with E-state index < -0.39 is 0 Å². The van der Waals surface area contributed by atoms with Gasteiger partial charge in [0.2, 0.25) is 0 Å². The van der Waals surface area contributed by atoms with Crippen molar-refractivity contribution in [2.24, 2.45) is 5.41 Å². The van der Waals surface area contributed by atoms with E-state index in [0.717, 1.165) is 18.8 Å². The summed E-state index contributed by atoms with van der Waals surface area (Å²) in [4.78, 5) is 2.58. The minimum atomic E-state index is 0.379. The van der Waals surface area contributed by atoms with Gasteiger partial charge < -0.3 is 15.0 Å². The third-order valence-electron chi connectivity index (χ3n) is 4.14. The topological polar surface area (TPSA) is 24.5 Å². The molecule has 1 heterocycles. The van der Waals surface area contributed by atoms with Gasteiger partial charge in [-0.15, -0.1) is 0 Å². The van der Waals surface area contributed by atoms with Gasteiger partial charge in [0.25, 0.3) is 0 Å². The van der Waals surface area contributed by atoms with Crippen molar-refractivity contribution >= 4 is 0 Å². The lowest BCUT2D eigenvalue weighted by atomic mass is 9.93. The molecule has 1 fully saturated rings. The second-order valence-corrected chi connectivity index (χ2v) is 6.54. The molecular weight excluding hydrogens is 248 g/mol. The Hall–Kier alpha value is -1.06. The fourth-order valence-corrected chi connectivity index (χ4v) is 3.03. The molecule has 3 nitrogen and oxygen atoms in total. The van der Waals surface area contributed by atoms with E-state index in [1.54, 1.807) is 7.11 Å². The highest BCUT2D eigenvalue weighted by atomic mass is 16.5. The van der Waals surface area contributed by atoms with Gasteiger partial charge in [-0.2, -0.15) is 0 Å². The fraction of sp³-hybridized carbons (Fsp3) is 0.647. The highest BCUT2D eigenvalue weighted by Crippen LogP contribution is 2.30. The first-order chi connectivity index (χ1) is 9.54. The van der Waals surface area contributed by atoms with Crippen LogP contribution in [-0.4, -0.2) is 38.2 Å². The van der Waals surface area contributed by atoms with Gasteiger partial charge in [-0.3, -0.25) is 0 Å². The summed E-state index contributed by atoms with van der Waals surface area (Å²) in [6.45, 7) is 11.4. The normalized spacial score (nSPS) is 20.0. The third kappa shape index (κ3) is 3.97. The summed E-state index contributed by atoms with van der Waals surface area (Å²) in [7, 11) is 1.73. The number of likely N-dealkylation sites (tertiary alicyclic amines) is 1. The molecular formula is C17H28N2O. The summed E-state index contributed by atoms with van der Waals surface area (Å²) in [5.74, 6) is 0.937. The van der Waals surface area contributed by atoms with Gasteiger partial charge in [-0.05, 0) is 42.6 Å². The van der Waals surface area contributed by atoms with Crippen LogP contribution in [0.2, 0.25) is 0 Å². The number of hydrogen-bond donors (Lipinski definition) is 1. The molecule has 0 aromatic heterocycles. The summed E-state index contributed by atoms with van der Waals surface area (Å²) in [5.41, 5.74) is 1.78. The van der Waals surface area contributed by atoms with E-state index in [2.05, 4.69) is 49.2 Å². The highest BCUT2D eigenvalue weighted by Gasteiger charge is 2.30. The van der Waals surface area contributed by atoms with Gasteiger partial charge in [0.1, 0.15) is 5.75 Å². The number of benzene rings is 1. The average Bonchev–Trinajstić information content (AvgIpc) is 2.77. The standard InChI is InChI=1S/C17H28N2O/c1-5-18-16(12-19-10-9-17(2,3)13-19)14-7-6-8-15(11-14)20-4/h6-8,11,16,18H,5,9-10,12-13H2,1-4H3. The number of nitrogens with zero attached hydrogens (tertiary/aromatic N) is 1. The lowest BCUT2D eigenvalue weighted by molar-refractivity contribution is 0.261. The molecule has 1 unspecified atom stereocenters. The van der Waals surface area contributed by atoms with Crippen LogP contribution in [0.5, 0.6) is 5.75 Å². The van der Waals surface area contributed by atoms with Gasteiger partial charge in [-0.1, -0.05) is 32.9 Å². The molecule has 2 rings (SSSR count). The van der Waals surface area contributed by atoms with Crippen LogP contribution in [0, 0.1) is 5.41 Å². The van der Waals surface area contributed by atoms with E-state index in [1.165, 1.54) is 25.1 Å². The van der Waals surface area contributed by atoms with Crippen LogP contribution in [0.3, 0.4) is 0 Å². The first-order valence-corrected chi connectivity index (χ1v) is 7.64. The lowest BCUT2D eigenvalue weighted by Crippen LogP contribution is -2.34. The quantitative estimate of drug-likeness (QED) is 0.864. The smallest absolute Gasteiger partial charge is 0.119 e. The molecule has 0 aliphatic carbocycles. The molecule has 0 saturated carbocycles. The maximum atomic E-state index is 5.34. The zero-order valence-electron chi connectivity index (χ0n) is 13.3. The van der Waals surface area contributed by atoms with Gasteiger partial charge in [-0.25, -0.2) is 0 Å². The molecule has 0 radical (unpaired) electrons. The van der Waals surface area contributed by atoms with Crippen LogP contribution >= 0.6 is 0 Å². The number of methoxy groups -OCH3 is 1. The van der Waals surface area contributed by atoms with E-state index >= 15 is 0 Å². The Labute approximate surface area is 123 Å². The lowest BCUT2D eigenvalue weighted by Gasteiger charge is -2.26. The molecule has 1 aromatic rings. The molecule has 1 aliphatic rings. The van der Waals surface area contributed by atoms with Crippen molar-refractivity contribution < 1.29 is 4.74 Å². The summed E-state index contributed by atoms with van der Waals surface area (Å²) < 4.78 is 5.34. The van der Waals surface area contributed by atoms with E-state index in [0.29, 0.717) is 11.5 Å². The van der Waals surface area contributed by atoms with E-state index in [9.17, 15) is 0 Å². The maximum absolute atomic E-state index is 5.34. The van der Waals surface area contributed by atoms with Crippen LogP contribution in [0.25, 0.3) is 0 Å². The van der Waals surface area contributed by atoms with Gasteiger partial charge >= 0.3 is 0 Å².